The second-order valence-electron chi connectivity index (χ2n) is 7.12. The van der Waals surface area contributed by atoms with E-state index in [-0.39, 0.29) is 25.2 Å². The minimum atomic E-state index is -0.525. The highest BCUT2D eigenvalue weighted by Crippen LogP contribution is 2.21. The number of carbonyl (C=O) groups is 2. The highest BCUT2D eigenvalue weighted by molar-refractivity contribution is 5.92. The van der Waals surface area contributed by atoms with Crippen molar-refractivity contribution in [1.29, 1.82) is 0 Å². The topological polar surface area (TPSA) is 123 Å². The number of anilines is 2. The molecule has 1 saturated heterocycles. The standard InChI is InChI=1S/C19H28N6O4/c1-14(20)19-25(17(11-29-19)21-12-26)10-18(28)22-15-2-4-16(5-3-15)24-8-6-23(13-27)7-9-24/h2-5,11-12,14,19,27H,6-10,13,20H2,1H3,(H,21,26)(H,22,28)/t14-,19?/m0/s1. The summed E-state index contributed by atoms with van der Waals surface area (Å²) in [4.78, 5) is 29.1. The van der Waals surface area contributed by atoms with E-state index in [2.05, 4.69) is 15.5 Å². The molecule has 2 amide bonds. The SMILES string of the molecule is C[C@H](N)C1OC=C(NC=O)N1CC(=O)Nc1ccc(N2CCN(CO)CC2)cc1. The Labute approximate surface area is 169 Å². The number of nitrogens with two attached hydrogens (primary N) is 1. The van der Waals surface area contributed by atoms with Crippen molar-refractivity contribution in [2.45, 2.75) is 19.2 Å². The minimum absolute atomic E-state index is 0.0102. The van der Waals surface area contributed by atoms with Crippen molar-refractivity contribution in [3.05, 3.63) is 36.3 Å². The van der Waals surface area contributed by atoms with Crippen molar-refractivity contribution in [2.24, 2.45) is 5.73 Å². The lowest BCUT2D eigenvalue weighted by molar-refractivity contribution is -0.119. The van der Waals surface area contributed by atoms with Crippen molar-refractivity contribution in [3.63, 3.8) is 0 Å². The average Bonchev–Trinajstić information content (AvgIpc) is 3.11. The molecule has 0 aromatic heterocycles. The van der Waals surface area contributed by atoms with Gasteiger partial charge in [0.2, 0.25) is 12.3 Å². The Morgan fingerprint density at radius 2 is 2.00 bits per heavy atom. The van der Waals surface area contributed by atoms with E-state index in [9.17, 15) is 14.7 Å². The third-order valence-electron chi connectivity index (χ3n) is 4.99. The first-order valence-electron chi connectivity index (χ1n) is 9.58. The first kappa shape index (κ1) is 20.9. The van der Waals surface area contributed by atoms with E-state index in [1.807, 2.05) is 29.2 Å². The second kappa shape index (κ2) is 9.59. The zero-order valence-corrected chi connectivity index (χ0v) is 16.5. The molecule has 2 aliphatic heterocycles. The van der Waals surface area contributed by atoms with E-state index in [0.29, 0.717) is 17.9 Å². The van der Waals surface area contributed by atoms with Gasteiger partial charge >= 0.3 is 0 Å². The molecule has 1 fully saturated rings. The number of ether oxygens (including phenoxy) is 1. The van der Waals surface area contributed by atoms with E-state index < -0.39 is 6.23 Å². The highest BCUT2D eigenvalue weighted by Gasteiger charge is 2.32. The van der Waals surface area contributed by atoms with Crippen molar-refractivity contribution in [3.8, 4) is 0 Å². The molecule has 5 N–H and O–H groups in total. The van der Waals surface area contributed by atoms with E-state index in [4.69, 9.17) is 10.5 Å². The lowest BCUT2D eigenvalue weighted by Crippen LogP contribution is -2.48. The summed E-state index contributed by atoms with van der Waals surface area (Å²) in [6, 6.07) is 7.29. The maximum absolute atomic E-state index is 12.5. The summed E-state index contributed by atoms with van der Waals surface area (Å²) in [5.41, 5.74) is 7.67. The van der Waals surface area contributed by atoms with Crippen molar-refractivity contribution in [2.75, 3.05) is 49.7 Å². The van der Waals surface area contributed by atoms with Crippen molar-refractivity contribution >= 4 is 23.7 Å². The number of hydrogen-bond acceptors (Lipinski definition) is 8. The van der Waals surface area contributed by atoms with Gasteiger partial charge in [0.25, 0.3) is 0 Å². The number of nitrogens with one attached hydrogen (secondary N) is 2. The molecule has 0 aliphatic carbocycles. The Morgan fingerprint density at radius 3 is 2.59 bits per heavy atom. The molecule has 0 spiro atoms. The highest BCUT2D eigenvalue weighted by atomic mass is 16.5. The van der Waals surface area contributed by atoms with Crippen LogP contribution in [0, 0.1) is 0 Å². The number of rotatable bonds is 8. The van der Waals surface area contributed by atoms with Gasteiger partial charge in [0.1, 0.15) is 18.6 Å². The van der Waals surface area contributed by atoms with Gasteiger partial charge in [0, 0.05) is 37.6 Å². The fourth-order valence-corrected chi connectivity index (χ4v) is 3.43. The predicted molar refractivity (Wildman–Crippen MR) is 108 cm³/mol. The second-order valence-corrected chi connectivity index (χ2v) is 7.12. The Bertz CT molecular complexity index is 731. The number of amides is 2. The summed E-state index contributed by atoms with van der Waals surface area (Å²) in [7, 11) is 0. The zero-order chi connectivity index (χ0) is 20.8. The van der Waals surface area contributed by atoms with Crippen LogP contribution in [-0.2, 0) is 14.3 Å². The molecule has 2 aliphatic rings. The van der Waals surface area contributed by atoms with Crippen LogP contribution in [-0.4, -0.2) is 78.9 Å². The number of carbonyl (C=O) groups excluding carboxylic acids is 2. The smallest absolute Gasteiger partial charge is 0.244 e. The van der Waals surface area contributed by atoms with Crippen LogP contribution >= 0.6 is 0 Å². The predicted octanol–water partition coefficient (Wildman–Crippen LogP) is -0.753. The number of aliphatic hydroxyl groups is 1. The van der Waals surface area contributed by atoms with Crippen LogP contribution in [0.1, 0.15) is 6.92 Å². The third-order valence-corrected chi connectivity index (χ3v) is 4.99. The van der Waals surface area contributed by atoms with Gasteiger partial charge in [0.05, 0.1) is 12.8 Å². The average molecular weight is 404 g/mol. The first-order valence-corrected chi connectivity index (χ1v) is 9.58. The summed E-state index contributed by atoms with van der Waals surface area (Å²) < 4.78 is 5.45. The normalized spacial score (nSPS) is 20.7. The molecule has 3 rings (SSSR count). The maximum Gasteiger partial charge on any atom is 0.244 e. The summed E-state index contributed by atoms with van der Waals surface area (Å²) in [6.07, 6.45) is 1.40. The van der Waals surface area contributed by atoms with Crippen molar-refractivity contribution < 1.29 is 19.4 Å². The van der Waals surface area contributed by atoms with Crippen LogP contribution in [0.5, 0.6) is 0 Å². The van der Waals surface area contributed by atoms with Gasteiger partial charge in [-0.3, -0.25) is 14.5 Å². The van der Waals surface area contributed by atoms with Crippen LogP contribution < -0.4 is 21.3 Å². The van der Waals surface area contributed by atoms with Gasteiger partial charge in [-0.1, -0.05) is 0 Å². The van der Waals surface area contributed by atoms with Crippen LogP contribution in [0.3, 0.4) is 0 Å². The molecule has 158 valence electrons. The quantitative estimate of drug-likeness (QED) is 0.417. The molecule has 1 unspecified atom stereocenters. The molecule has 1 aromatic carbocycles. The summed E-state index contributed by atoms with van der Waals surface area (Å²) in [5.74, 6) is 0.152. The molecule has 2 heterocycles. The molecule has 0 radical (unpaired) electrons. The minimum Gasteiger partial charge on any atom is -0.473 e. The van der Waals surface area contributed by atoms with E-state index in [0.717, 1.165) is 31.9 Å². The maximum atomic E-state index is 12.5. The summed E-state index contributed by atoms with van der Waals surface area (Å²) in [5, 5.41) is 14.6. The fraction of sp³-hybridized carbons (Fsp3) is 0.474. The molecule has 10 nitrogen and oxygen atoms in total. The Balaban J connectivity index is 1.56. The lowest BCUT2D eigenvalue weighted by Gasteiger charge is -2.35. The number of hydrogen-bond donors (Lipinski definition) is 4. The molecule has 2 atom stereocenters. The molecular formula is C19H28N6O4. The summed E-state index contributed by atoms with van der Waals surface area (Å²) >= 11 is 0. The van der Waals surface area contributed by atoms with Gasteiger partial charge in [-0.2, -0.15) is 0 Å². The molecule has 0 saturated carbocycles. The van der Waals surface area contributed by atoms with Crippen LogP contribution in [0.25, 0.3) is 0 Å². The first-order chi connectivity index (χ1) is 14.0. The zero-order valence-electron chi connectivity index (χ0n) is 16.5. The number of piperazine rings is 1. The fourth-order valence-electron chi connectivity index (χ4n) is 3.43. The lowest BCUT2D eigenvalue weighted by atomic mass is 10.2. The number of aliphatic hydroxyl groups excluding tert-OH is 1. The number of nitrogens with zero attached hydrogens (tertiary/aromatic N) is 3. The molecule has 10 heteroatoms. The van der Waals surface area contributed by atoms with Gasteiger partial charge < -0.3 is 36.0 Å². The van der Waals surface area contributed by atoms with Crippen LogP contribution in [0.15, 0.2) is 36.3 Å². The molecule has 1 aromatic rings. The molecule has 29 heavy (non-hydrogen) atoms. The largest absolute Gasteiger partial charge is 0.473 e. The van der Waals surface area contributed by atoms with Crippen LogP contribution in [0.2, 0.25) is 0 Å². The van der Waals surface area contributed by atoms with E-state index in [1.165, 1.54) is 6.26 Å². The Hall–Kier alpha value is -2.82. The third kappa shape index (κ3) is 5.17. The Morgan fingerprint density at radius 1 is 1.31 bits per heavy atom. The van der Waals surface area contributed by atoms with Gasteiger partial charge in [-0.15, -0.1) is 0 Å². The number of benzene rings is 1. The van der Waals surface area contributed by atoms with Crippen LogP contribution in [0.4, 0.5) is 11.4 Å². The van der Waals surface area contributed by atoms with Crippen molar-refractivity contribution in [1.82, 2.24) is 15.1 Å². The molecule has 0 bridgehead atoms. The van der Waals surface area contributed by atoms with Gasteiger partial charge in [0.15, 0.2) is 6.23 Å². The van der Waals surface area contributed by atoms with Gasteiger partial charge in [-0.05, 0) is 31.2 Å². The Kier molecular flexibility index (Phi) is 6.91. The molecular weight excluding hydrogens is 376 g/mol. The summed E-state index contributed by atoms with van der Waals surface area (Å²) in [6.45, 7) is 5.17. The van der Waals surface area contributed by atoms with E-state index in [1.54, 1.807) is 11.8 Å². The monoisotopic (exact) mass is 404 g/mol. The van der Waals surface area contributed by atoms with Gasteiger partial charge in [-0.25, -0.2) is 0 Å². The van der Waals surface area contributed by atoms with E-state index >= 15 is 0 Å².